The van der Waals surface area contributed by atoms with E-state index in [2.05, 4.69) is 10.0 Å². The molecule has 1 saturated heterocycles. The molecule has 0 bridgehead atoms. The number of nitrogens with zero attached hydrogens (tertiary/aromatic N) is 1. The van der Waals surface area contributed by atoms with Crippen LogP contribution in [0.4, 0.5) is 5.69 Å². The van der Waals surface area contributed by atoms with Crippen LogP contribution in [-0.2, 0) is 37.3 Å². The highest BCUT2D eigenvalue weighted by atomic mass is 32.2. The number of anilines is 1. The fourth-order valence-electron chi connectivity index (χ4n) is 5.69. The number of carbonyl (C=O) groups is 1. The van der Waals surface area contributed by atoms with Crippen LogP contribution in [-0.4, -0.2) is 37.3 Å². The fourth-order valence-corrected chi connectivity index (χ4v) is 7.82. The first-order chi connectivity index (χ1) is 24.7. The third-order valence-corrected chi connectivity index (χ3v) is 11.1. The lowest BCUT2D eigenvalue weighted by Gasteiger charge is -2.36. The number of carbonyl (C=O) groups excluding carboxylic acids is 1. The normalized spacial score (nSPS) is 18.2. The first-order valence-electron chi connectivity index (χ1n) is 16.5. The van der Waals surface area contributed by atoms with Gasteiger partial charge in [-0.1, -0.05) is 96.2 Å². The molecule has 0 saturated carbocycles. The van der Waals surface area contributed by atoms with Crippen molar-refractivity contribution in [3.63, 3.8) is 0 Å². The monoisotopic (exact) mass is 725 g/mol. The molecule has 3 N–H and O–H groups in total. The highest BCUT2D eigenvalue weighted by molar-refractivity contribution is 7.99. The van der Waals surface area contributed by atoms with Crippen LogP contribution in [0.25, 0.3) is 0 Å². The molecule has 4 atom stereocenters. The van der Waals surface area contributed by atoms with Crippen molar-refractivity contribution in [2.45, 2.75) is 60.8 Å². The molecule has 1 fully saturated rings. The molecule has 0 spiro atoms. The van der Waals surface area contributed by atoms with Crippen LogP contribution in [0.2, 0.25) is 0 Å². The Kier molecular flexibility index (Phi) is 11.8. The lowest BCUT2D eigenvalue weighted by molar-refractivity contribution is -0.645. The number of aliphatic hydroxyl groups excluding tert-OH is 1. The summed E-state index contributed by atoms with van der Waals surface area (Å²) in [5.74, 6) is 0.0136. The molecule has 2 heterocycles. The number of thioether (sulfide) groups is 1. The number of amides is 1. The maximum Gasteiger partial charge on any atom is 0.251 e. The van der Waals surface area contributed by atoms with Crippen molar-refractivity contribution in [2.24, 2.45) is 0 Å². The quantitative estimate of drug-likeness (QED) is 0.0765. The van der Waals surface area contributed by atoms with E-state index in [9.17, 15) is 23.5 Å². The SMILES string of the molecule is Cc1ccc(S(=O)(=O)N[C@H](Cc2ccccc2)C(=O)Nc2ccc([C@@H]3O[C@H](CSc4cccc[n+]4[O-])C[C@H](c4ccc(CO)cc4)O3)cc2)cc1. The molecule has 5 aromatic rings. The van der Waals surface area contributed by atoms with Gasteiger partial charge in [0, 0.05) is 35.6 Å². The minimum atomic E-state index is -3.99. The summed E-state index contributed by atoms with van der Waals surface area (Å²) in [5.41, 5.74) is 4.65. The molecule has 12 heteroatoms. The van der Waals surface area contributed by atoms with Crippen LogP contribution in [0.1, 0.15) is 46.6 Å². The van der Waals surface area contributed by atoms with Gasteiger partial charge in [-0.25, -0.2) is 8.42 Å². The number of benzene rings is 4. The zero-order valence-electron chi connectivity index (χ0n) is 27.9. The summed E-state index contributed by atoms with van der Waals surface area (Å²) in [7, 11) is -3.99. The van der Waals surface area contributed by atoms with Crippen LogP contribution in [0, 0.1) is 12.1 Å². The third-order valence-electron chi connectivity index (χ3n) is 8.50. The summed E-state index contributed by atoms with van der Waals surface area (Å²) in [6, 6.07) is 34.5. The smallest absolute Gasteiger partial charge is 0.251 e. The first kappa shape index (κ1) is 36.2. The van der Waals surface area contributed by atoms with E-state index in [1.54, 1.807) is 48.5 Å². The van der Waals surface area contributed by atoms with Crippen LogP contribution < -0.4 is 14.8 Å². The summed E-state index contributed by atoms with van der Waals surface area (Å²) < 4.78 is 42.9. The van der Waals surface area contributed by atoms with E-state index >= 15 is 0 Å². The van der Waals surface area contributed by atoms with Gasteiger partial charge in [0.1, 0.15) is 6.04 Å². The molecule has 10 nitrogen and oxygen atoms in total. The van der Waals surface area contributed by atoms with Gasteiger partial charge in [0.25, 0.3) is 5.03 Å². The predicted molar refractivity (Wildman–Crippen MR) is 195 cm³/mol. The summed E-state index contributed by atoms with van der Waals surface area (Å²) in [6.45, 7) is 1.81. The zero-order valence-corrected chi connectivity index (χ0v) is 29.6. The molecule has 264 valence electrons. The number of pyridine rings is 1. The van der Waals surface area contributed by atoms with E-state index in [1.165, 1.54) is 30.1 Å². The van der Waals surface area contributed by atoms with Crippen LogP contribution in [0.15, 0.2) is 137 Å². The van der Waals surface area contributed by atoms with E-state index < -0.39 is 28.3 Å². The van der Waals surface area contributed by atoms with Crippen molar-refractivity contribution in [2.75, 3.05) is 11.1 Å². The van der Waals surface area contributed by atoms with E-state index in [4.69, 9.17) is 9.47 Å². The lowest BCUT2D eigenvalue weighted by Crippen LogP contribution is -2.45. The molecule has 1 amide bonds. The van der Waals surface area contributed by atoms with Crippen LogP contribution in [0.5, 0.6) is 0 Å². The number of hydrogen-bond acceptors (Lipinski definition) is 8. The molecule has 0 radical (unpaired) electrons. The molecular formula is C39H39N3O7S2. The van der Waals surface area contributed by atoms with Crippen molar-refractivity contribution in [1.29, 1.82) is 0 Å². The zero-order chi connectivity index (χ0) is 35.8. The Hall–Kier alpha value is -4.56. The third kappa shape index (κ3) is 9.61. The van der Waals surface area contributed by atoms with Gasteiger partial charge >= 0.3 is 0 Å². The summed E-state index contributed by atoms with van der Waals surface area (Å²) in [4.78, 5) is 13.7. The number of nitrogens with one attached hydrogen (secondary N) is 2. The maximum absolute atomic E-state index is 13.6. The van der Waals surface area contributed by atoms with Crippen molar-refractivity contribution in [3.05, 3.63) is 161 Å². The Morgan fingerprint density at radius 1 is 0.882 bits per heavy atom. The Morgan fingerprint density at radius 3 is 2.25 bits per heavy atom. The van der Waals surface area contributed by atoms with Gasteiger partial charge < -0.3 is 25.1 Å². The molecule has 1 aliphatic heterocycles. The summed E-state index contributed by atoms with van der Waals surface area (Å²) >= 11 is 1.41. The van der Waals surface area contributed by atoms with Crippen molar-refractivity contribution in [3.8, 4) is 0 Å². The second kappa shape index (κ2) is 16.6. The van der Waals surface area contributed by atoms with Gasteiger partial charge in [-0.3, -0.25) is 4.79 Å². The number of hydrogen-bond donors (Lipinski definition) is 3. The summed E-state index contributed by atoms with van der Waals surface area (Å²) in [6.07, 6.45) is 0.870. The largest absolute Gasteiger partial charge is 0.618 e. The van der Waals surface area contributed by atoms with E-state index in [1.807, 2.05) is 67.6 Å². The van der Waals surface area contributed by atoms with Gasteiger partial charge in [-0.05, 0) is 60.4 Å². The Labute approximate surface area is 302 Å². The highest BCUT2D eigenvalue weighted by Crippen LogP contribution is 2.39. The standard InChI is InChI=1S/C39H39N3O7S2/c1-27-10-20-34(21-11-27)51(46,47)41-35(23-28-7-3-2-4-8-28)38(44)40-32-18-16-31(17-19-32)39-48-33(26-50-37-9-5-6-22-42(37)45)24-36(49-39)30-14-12-29(25-43)13-15-30/h2-22,33,35-36,39,41,43H,23-26H2,1H3,(H,40,44)/t33-,35+,36+,39+/m0/s1. The van der Waals surface area contributed by atoms with Crippen LogP contribution >= 0.6 is 11.8 Å². The molecule has 4 aromatic carbocycles. The average Bonchev–Trinajstić information content (AvgIpc) is 3.15. The van der Waals surface area contributed by atoms with Gasteiger partial charge in [-0.15, -0.1) is 0 Å². The first-order valence-corrected chi connectivity index (χ1v) is 19.0. The van der Waals surface area contributed by atoms with Gasteiger partial charge in [0.05, 0.1) is 23.7 Å². The molecule has 1 aliphatic rings. The molecule has 6 rings (SSSR count). The molecule has 1 aromatic heterocycles. The second-order valence-corrected chi connectivity index (χ2v) is 15.1. The maximum atomic E-state index is 13.6. The topological polar surface area (TPSA) is 141 Å². The van der Waals surface area contributed by atoms with E-state index in [-0.39, 0.29) is 30.1 Å². The van der Waals surface area contributed by atoms with E-state index in [0.717, 1.165) is 32.5 Å². The van der Waals surface area contributed by atoms with Crippen molar-refractivity contribution in [1.82, 2.24) is 4.72 Å². The van der Waals surface area contributed by atoms with Crippen molar-refractivity contribution >= 4 is 33.4 Å². The van der Waals surface area contributed by atoms with Gasteiger partial charge in [0.15, 0.2) is 12.5 Å². The predicted octanol–water partition coefficient (Wildman–Crippen LogP) is 5.99. The molecule has 0 unspecified atom stereocenters. The minimum absolute atomic E-state index is 0.0579. The van der Waals surface area contributed by atoms with Gasteiger partial charge in [0.2, 0.25) is 15.9 Å². The Bertz CT molecular complexity index is 2010. The van der Waals surface area contributed by atoms with Crippen LogP contribution in [0.3, 0.4) is 0 Å². The Balaban J connectivity index is 1.18. The number of aliphatic hydroxyl groups is 1. The highest BCUT2D eigenvalue weighted by Gasteiger charge is 2.33. The molecular weight excluding hydrogens is 687 g/mol. The van der Waals surface area contributed by atoms with E-state index in [0.29, 0.717) is 22.9 Å². The summed E-state index contributed by atoms with van der Waals surface area (Å²) in [5, 5.41) is 25.2. The molecule has 0 aliphatic carbocycles. The Morgan fingerprint density at radius 2 is 1.57 bits per heavy atom. The molecule has 51 heavy (non-hydrogen) atoms. The number of sulfonamides is 1. The van der Waals surface area contributed by atoms with Crippen molar-refractivity contribution < 1.29 is 32.5 Å². The second-order valence-electron chi connectivity index (χ2n) is 12.3. The van der Waals surface area contributed by atoms with Gasteiger partial charge in [-0.2, -0.15) is 9.45 Å². The number of aryl methyl sites for hydroxylation is 1. The number of ether oxygens (including phenoxy) is 2. The number of rotatable bonds is 13. The minimum Gasteiger partial charge on any atom is -0.618 e. The lowest BCUT2D eigenvalue weighted by atomic mass is 10.0. The number of aromatic nitrogens is 1. The average molecular weight is 726 g/mol. The fraction of sp³-hybridized carbons (Fsp3) is 0.231.